The first-order chi connectivity index (χ1) is 11.2. The molecule has 1 N–H and O–H groups in total. The number of hydrogen-bond donors (Lipinski definition) is 1. The van der Waals surface area contributed by atoms with Gasteiger partial charge in [0.15, 0.2) is 0 Å². The lowest BCUT2D eigenvalue weighted by Gasteiger charge is -2.18. The van der Waals surface area contributed by atoms with Gasteiger partial charge in [-0.05, 0) is 36.6 Å². The van der Waals surface area contributed by atoms with Crippen LogP contribution in [-0.4, -0.2) is 12.7 Å². The quantitative estimate of drug-likeness (QED) is 0.853. The van der Waals surface area contributed by atoms with Crippen molar-refractivity contribution in [3.8, 4) is 5.75 Å². The number of nitrogens with one attached hydrogen (secondary N) is 1. The third-order valence-electron chi connectivity index (χ3n) is 3.75. The summed E-state index contributed by atoms with van der Waals surface area (Å²) in [5.74, 6) is 0.819. The summed E-state index contributed by atoms with van der Waals surface area (Å²) in [5, 5.41) is 2.95. The second kappa shape index (κ2) is 7.51. The molecule has 1 amide bonds. The van der Waals surface area contributed by atoms with Gasteiger partial charge in [-0.2, -0.15) is 0 Å². The van der Waals surface area contributed by atoms with Crippen molar-refractivity contribution in [2.75, 3.05) is 6.61 Å². The lowest BCUT2D eigenvalue weighted by atomic mass is 10.0. The maximum Gasteiger partial charge on any atom is 0.407 e. The molecule has 0 saturated heterocycles. The third-order valence-corrected chi connectivity index (χ3v) is 4.24. The first-order valence-corrected chi connectivity index (χ1v) is 8.41. The molecule has 120 valence electrons. The van der Waals surface area contributed by atoms with Gasteiger partial charge >= 0.3 is 6.09 Å². The number of carbonyl (C=O) groups excluding carboxylic acids is 1. The standard InChI is InChI=1S/C18H18BrNO3/c19-14-8-9-17-15(11-14)16(7-4-10-22-17)20-18(21)23-12-13-5-2-1-3-6-13/h1-3,5-6,8-9,11,16H,4,7,10,12H2,(H,20,21). The predicted molar refractivity (Wildman–Crippen MR) is 91.4 cm³/mol. The number of carbonyl (C=O) groups is 1. The third kappa shape index (κ3) is 4.26. The smallest absolute Gasteiger partial charge is 0.407 e. The summed E-state index contributed by atoms with van der Waals surface area (Å²) >= 11 is 3.47. The molecular formula is C18H18BrNO3. The number of halogens is 1. The molecule has 4 nitrogen and oxygen atoms in total. The zero-order valence-electron chi connectivity index (χ0n) is 12.6. The molecule has 2 aromatic rings. The molecule has 0 aromatic heterocycles. The first-order valence-electron chi connectivity index (χ1n) is 7.62. The van der Waals surface area contributed by atoms with Gasteiger partial charge in [-0.1, -0.05) is 46.3 Å². The lowest BCUT2D eigenvalue weighted by Crippen LogP contribution is -2.29. The van der Waals surface area contributed by atoms with E-state index in [-0.39, 0.29) is 12.6 Å². The average molecular weight is 376 g/mol. The fraction of sp³-hybridized carbons (Fsp3) is 0.278. The van der Waals surface area contributed by atoms with E-state index in [2.05, 4.69) is 21.2 Å². The highest BCUT2D eigenvalue weighted by molar-refractivity contribution is 9.10. The Balaban J connectivity index is 1.65. The van der Waals surface area contributed by atoms with Crippen LogP contribution in [0.4, 0.5) is 4.79 Å². The molecule has 0 aliphatic carbocycles. The molecule has 3 rings (SSSR count). The Kier molecular flexibility index (Phi) is 5.18. The van der Waals surface area contributed by atoms with Crippen molar-refractivity contribution >= 4 is 22.0 Å². The zero-order valence-corrected chi connectivity index (χ0v) is 14.2. The average Bonchev–Trinajstić information content (AvgIpc) is 2.76. The van der Waals surface area contributed by atoms with Gasteiger partial charge in [0, 0.05) is 10.0 Å². The molecule has 1 aliphatic rings. The largest absolute Gasteiger partial charge is 0.493 e. The summed E-state index contributed by atoms with van der Waals surface area (Å²) in [6.45, 7) is 0.924. The molecule has 0 radical (unpaired) electrons. The minimum atomic E-state index is -0.410. The van der Waals surface area contributed by atoms with E-state index in [0.717, 1.165) is 34.2 Å². The molecular weight excluding hydrogens is 358 g/mol. The van der Waals surface area contributed by atoms with E-state index in [4.69, 9.17) is 9.47 Å². The molecule has 0 saturated carbocycles. The van der Waals surface area contributed by atoms with E-state index >= 15 is 0 Å². The fourth-order valence-corrected chi connectivity index (χ4v) is 2.98. The molecule has 0 bridgehead atoms. The van der Waals surface area contributed by atoms with Crippen LogP contribution in [0.25, 0.3) is 0 Å². The normalized spacial score (nSPS) is 16.7. The maximum absolute atomic E-state index is 12.1. The predicted octanol–water partition coefficient (Wildman–Crippen LogP) is 4.59. The Labute approximate surface area is 143 Å². The Morgan fingerprint density at radius 3 is 2.91 bits per heavy atom. The molecule has 2 aromatic carbocycles. The van der Waals surface area contributed by atoms with Crippen molar-refractivity contribution in [2.24, 2.45) is 0 Å². The van der Waals surface area contributed by atoms with Gasteiger partial charge in [-0.15, -0.1) is 0 Å². The van der Waals surface area contributed by atoms with Crippen LogP contribution >= 0.6 is 15.9 Å². The van der Waals surface area contributed by atoms with Crippen LogP contribution in [-0.2, 0) is 11.3 Å². The highest BCUT2D eigenvalue weighted by atomic mass is 79.9. The summed E-state index contributed by atoms with van der Waals surface area (Å²) < 4.78 is 12.0. The van der Waals surface area contributed by atoms with Gasteiger partial charge < -0.3 is 14.8 Å². The molecule has 23 heavy (non-hydrogen) atoms. The summed E-state index contributed by atoms with van der Waals surface area (Å²) in [7, 11) is 0. The van der Waals surface area contributed by atoms with E-state index < -0.39 is 6.09 Å². The number of ether oxygens (including phenoxy) is 2. The van der Waals surface area contributed by atoms with Crippen molar-refractivity contribution in [3.05, 3.63) is 64.1 Å². The topological polar surface area (TPSA) is 47.6 Å². The molecule has 1 heterocycles. The highest BCUT2D eigenvalue weighted by Crippen LogP contribution is 2.33. The summed E-state index contributed by atoms with van der Waals surface area (Å²) in [4.78, 5) is 12.1. The van der Waals surface area contributed by atoms with E-state index in [1.807, 2.05) is 48.5 Å². The van der Waals surface area contributed by atoms with Gasteiger partial charge in [0.05, 0.1) is 12.6 Å². The molecule has 1 unspecified atom stereocenters. The van der Waals surface area contributed by atoms with Crippen LogP contribution in [0.15, 0.2) is 53.0 Å². The van der Waals surface area contributed by atoms with E-state index in [0.29, 0.717) is 6.61 Å². The number of hydrogen-bond acceptors (Lipinski definition) is 3. The number of rotatable bonds is 3. The van der Waals surface area contributed by atoms with Crippen molar-refractivity contribution in [1.29, 1.82) is 0 Å². The summed E-state index contributed by atoms with van der Waals surface area (Å²) in [5.41, 5.74) is 1.95. The van der Waals surface area contributed by atoms with Crippen LogP contribution in [0.1, 0.15) is 30.0 Å². The van der Waals surface area contributed by atoms with E-state index in [1.54, 1.807) is 0 Å². The van der Waals surface area contributed by atoms with Crippen LogP contribution in [0.5, 0.6) is 5.75 Å². The van der Waals surface area contributed by atoms with Gasteiger partial charge in [-0.3, -0.25) is 0 Å². The summed E-state index contributed by atoms with van der Waals surface area (Å²) in [6, 6.07) is 15.4. The molecule has 5 heteroatoms. The van der Waals surface area contributed by atoms with Crippen LogP contribution < -0.4 is 10.1 Å². The van der Waals surface area contributed by atoms with Crippen molar-refractivity contribution in [3.63, 3.8) is 0 Å². The highest BCUT2D eigenvalue weighted by Gasteiger charge is 2.22. The van der Waals surface area contributed by atoms with Gasteiger partial charge in [0.1, 0.15) is 12.4 Å². The summed E-state index contributed by atoms with van der Waals surface area (Å²) in [6.07, 6.45) is 1.30. The second-order valence-corrected chi connectivity index (χ2v) is 6.35. The minimum Gasteiger partial charge on any atom is -0.493 e. The minimum absolute atomic E-state index is 0.103. The van der Waals surface area contributed by atoms with Crippen molar-refractivity contribution in [1.82, 2.24) is 5.32 Å². The first kappa shape index (κ1) is 15.9. The number of amides is 1. The Bertz CT molecular complexity index is 675. The Morgan fingerprint density at radius 2 is 2.09 bits per heavy atom. The molecule has 0 spiro atoms. The van der Waals surface area contributed by atoms with Crippen LogP contribution in [0.3, 0.4) is 0 Å². The Hall–Kier alpha value is -2.01. The van der Waals surface area contributed by atoms with Gasteiger partial charge in [-0.25, -0.2) is 4.79 Å². The zero-order chi connectivity index (χ0) is 16.1. The van der Waals surface area contributed by atoms with Gasteiger partial charge in [0.25, 0.3) is 0 Å². The lowest BCUT2D eigenvalue weighted by molar-refractivity contribution is 0.135. The maximum atomic E-state index is 12.1. The van der Waals surface area contributed by atoms with Gasteiger partial charge in [0.2, 0.25) is 0 Å². The number of alkyl carbamates (subject to hydrolysis) is 1. The monoisotopic (exact) mass is 375 g/mol. The van der Waals surface area contributed by atoms with Crippen LogP contribution in [0.2, 0.25) is 0 Å². The van der Waals surface area contributed by atoms with Crippen LogP contribution in [0, 0.1) is 0 Å². The van der Waals surface area contributed by atoms with E-state index in [1.165, 1.54) is 0 Å². The van der Waals surface area contributed by atoms with Crippen molar-refractivity contribution < 1.29 is 14.3 Å². The second-order valence-electron chi connectivity index (χ2n) is 5.43. The SMILES string of the molecule is O=C(NC1CCCOc2ccc(Br)cc21)OCc1ccccc1. The number of fused-ring (bicyclic) bond motifs is 1. The number of benzene rings is 2. The molecule has 1 atom stereocenters. The van der Waals surface area contributed by atoms with E-state index in [9.17, 15) is 4.79 Å². The molecule has 0 fully saturated rings. The van der Waals surface area contributed by atoms with Crippen molar-refractivity contribution in [2.45, 2.75) is 25.5 Å². The fourth-order valence-electron chi connectivity index (χ4n) is 2.61. The molecule has 1 aliphatic heterocycles. The Morgan fingerprint density at radius 1 is 1.26 bits per heavy atom.